The van der Waals surface area contributed by atoms with Gasteiger partial charge in [0.15, 0.2) is 0 Å². The molecule has 1 aromatic rings. The summed E-state index contributed by atoms with van der Waals surface area (Å²) in [6, 6.07) is 9.89. The largest absolute Gasteiger partial charge is 0.492 e. The molecule has 0 saturated heterocycles. The van der Waals surface area contributed by atoms with E-state index in [-0.39, 0.29) is 6.04 Å². The highest BCUT2D eigenvalue weighted by Gasteiger charge is 2.06. The van der Waals surface area contributed by atoms with Gasteiger partial charge in [0, 0.05) is 13.7 Å². The minimum atomic E-state index is 0.162. The third kappa shape index (κ3) is 5.11. The minimum absolute atomic E-state index is 0.162. The maximum Gasteiger partial charge on any atom is 0.119 e. The van der Waals surface area contributed by atoms with Crippen molar-refractivity contribution in [3.63, 3.8) is 0 Å². The maximum atomic E-state index is 5.61. The van der Waals surface area contributed by atoms with Gasteiger partial charge in [0.05, 0.1) is 6.04 Å². The average molecular weight is 224 g/mol. The molecule has 16 heavy (non-hydrogen) atoms. The zero-order valence-electron chi connectivity index (χ0n) is 9.69. The van der Waals surface area contributed by atoms with E-state index >= 15 is 0 Å². The minimum Gasteiger partial charge on any atom is -0.492 e. The van der Waals surface area contributed by atoms with Crippen molar-refractivity contribution >= 4 is 0 Å². The number of hydrogen-bond donors (Lipinski definition) is 2. The van der Waals surface area contributed by atoms with Crippen LogP contribution in [-0.4, -0.2) is 26.4 Å². The van der Waals surface area contributed by atoms with Gasteiger partial charge in [-0.1, -0.05) is 18.2 Å². The van der Waals surface area contributed by atoms with Gasteiger partial charge in [-0.3, -0.25) is 11.3 Å². The number of para-hydroxylation sites is 1. The van der Waals surface area contributed by atoms with Crippen molar-refractivity contribution in [2.75, 3.05) is 20.3 Å². The third-order valence-corrected chi connectivity index (χ3v) is 2.33. The summed E-state index contributed by atoms with van der Waals surface area (Å²) in [5.41, 5.74) is 2.75. The molecule has 1 aromatic carbocycles. The molecule has 1 unspecified atom stereocenters. The average Bonchev–Trinajstić information content (AvgIpc) is 2.35. The van der Waals surface area contributed by atoms with Gasteiger partial charge in [-0.05, 0) is 25.0 Å². The zero-order chi connectivity index (χ0) is 11.6. The number of nitrogens with two attached hydrogens (primary N) is 1. The van der Waals surface area contributed by atoms with E-state index in [2.05, 4.69) is 5.43 Å². The van der Waals surface area contributed by atoms with Crippen LogP contribution in [0.25, 0.3) is 0 Å². The van der Waals surface area contributed by atoms with E-state index in [0.29, 0.717) is 6.61 Å². The second kappa shape index (κ2) is 8.10. The molecule has 0 radical (unpaired) electrons. The van der Waals surface area contributed by atoms with Crippen molar-refractivity contribution in [2.24, 2.45) is 5.84 Å². The Morgan fingerprint density at radius 3 is 2.69 bits per heavy atom. The van der Waals surface area contributed by atoms with Crippen LogP contribution in [0.2, 0.25) is 0 Å². The number of hydrogen-bond acceptors (Lipinski definition) is 4. The third-order valence-electron chi connectivity index (χ3n) is 2.33. The standard InChI is InChI=1S/C12H20N2O2/c1-15-9-5-6-11(14-13)10-16-12-7-3-2-4-8-12/h2-4,7-8,11,14H,5-6,9-10,13H2,1H3. The van der Waals surface area contributed by atoms with E-state index in [1.165, 1.54) is 0 Å². The van der Waals surface area contributed by atoms with E-state index in [4.69, 9.17) is 15.3 Å². The second-order valence-corrected chi connectivity index (χ2v) is 3.62. The quantitative estimate of drug-likeness (QED) is 0.397. The Morgan fingerprint density at radius 1 is 1.31 bits per heavy atom. The molecule has 4 heteroatoms. The van der Waals surface area contributed by atoms with Crippen molar-refractivity contribution in [1.82, 2.24) is 5.43 Å². The molecule has 0 fully saturated rings. The summed E-state index contributed by atoms with van der Waals surface area (Å²) < 4.78 is 10.6. The van der Waals surface area contributed by atoms with Crippen LogP contribution in [0.3, 0.4) is 0 Å². The number of nitrogens with one attached hydrogen (secondary N) is 1. The first kappa shape index (κ1) is 13.0. The van der Waals surface area contributed by atoms with E-state index in [1.54, 1.807) is 7.11 Å². The van der Waals surface area contributed by atoms with E-state index in [0.717, 1.165) is 25.2 Å². The molecule has 3 N–H and O–H groups in total. The maximum absolute atomic E-state index is 5.61. The molecule has 0 aliphatic heterocycles. The first-order valence-corrected chi connectivity index (χ1v) is 5.49. The number of hydrazine groups is 1. The molecule has 4 nitrogen and oxygen atoms in total. The highest BCUT2D eigenvalue weighted by molar-refractivity contribution is 5.20. The van der Waals surface area contributed by atoms with Gasteiger partial charge >= 0.3 is 0 Å². The monoisotopic (exact) mass is 224 g/mol. The molecular formula is C12H20N2O2. The van der Waals surface area contributed by atoms with Crippen molar-refractivity contribution in [3.05, 3.63) is 30.3 Å². The summed E-state index contributed by atoms with van der Waals surface area (Å²) >= 11 is 0. The second-order valence-electron chi connectivity index (χ2n) is 3.62. The fourth-order valence-corrected chi connectivity index (χ4v) is 1.40. The van der Waals surface area contributed by atoms with Crippen LogP contribution < -0.4 is 16.0 Å². The molecule has 0 aliphatic rings. The zero-order valence-corrected chi connectivity index (χ0v) is 9.69. The van der Waals surface area contributed by atoms with Crippen molar-refractivity contribution in [1.29, 1.82) is 0 Å². The number of methoxy groups -OCH3 is 1. The van der Waals surface area contributed by atoms with Crippen molar-refractivity contribution in [3.8, 4) is 5.75 Å². The Hall–Kier alpha value is -1.10. The molecule has 0 heterocycles. The Balaban J connectivity index is 2.23. The van der Waals surface area contributed by atoms with Crippen molar-refractivity contribution < 1.29 is 9.47 Å². The molecule has 0 amide bonds. The Kier molecular flexibility index (Phi) is 6.56. The molecule has 0 aromatic heterocycles. The van der Waals surface area contributed by atoms with E-state index in [9.17, 15) is 0 Å². The van der Waals surface area contributed by atoms with Crippen LogP contribution in [0.1, 0.15) is 12.8 Å². The van der Waals surface area contributed by atoms with Gasteiger partial charge in [-0.15, -0.1) is 0 Å². The highest BCUT2D eigenvalue weighted by atomic mass is 16.5. The topological polar surface area (TPSA) is 56.5 Å². The van der Waals surface area contributed by atoms with Crippen LogP contribution in [0, 0.1) is 0 Å². The summed E-state index contributed by atoms with van der Waals surface area (Å²) in [6.45, 7) is 1.33. The summed E-state index contributed by atoms with van der Waals surface area (Å²) in [5.74, 6) is 6.32. The van der Waals surface area contributed by atoms with E-state index in [1.807, 2.05) is 30.3 Å². The lowest BCUT2D eigenvalue weighted by Crippen LogP contribution is -2.39. The van der Waals surface area contributed by atoms with Crippen LogP contribution in [0.4, 0.5) is 0 Å². The lowest BCUT2D eigenvalue weighted by atomic mass is 10.2. The van der Waals surface area contributed by atoms with Gasteiger partial charge in [0.2, 0.25) is 0 Å². The number of benzene rings is 1. The fraction of sp³-hybridized carbons (Fsp3) is 0.500. The molecule has 0 bridgehead atoms. The SMILES string of the molecule is COCCCC(COc1ccccc1)NN. The van der Waals surface area contributed by atoms with Gasteiger partial charge in [0.25, 0.3) is 0 Å². The molecular weight excluding hydrogens is 204 g/mol. The van der Waals surface area contributed by atoms with Gasteiger partial charge in [-0.2, -0.15) is 0 Å². The summed E-state index contributed by atoms with van der Waals surface area (Å²) in [6.07, 6.45) is 1.92. The summed E-state index contributed by atoms with van der Waals surface area (Å²) in [4.78, 5) is 0. The molecule has 1 rings (SSSR count). The molecule has 0 saturated carbocycles. The number of rotatable bonds is 8. The van der Waals surface area contributed by atoms with Gasteiger partial charge < -0.3 is 9.47 Å². The van der Waals surface area contributed by atoms with Crippen LogP contribution in [0.5, 0.6) is 5.75 Å². The highest BCUT2D eigenvalue weighted by Crippen LogP contribution is 2.09. The molecule has 1 atom stereocenters. The lowest BCUT2D eigenvalue weighted by molar-refractivity contribution is 0.180. The predicted octanol–water partition coefficient (Wildman–Crippen LogP) is 1.32. The van der Waals surface area contributed by atoms with Crippen LogP contribution in [-0.2, 0) is 4.74 Å². The van der Waals surface area contributed by atoms with Gasteiger partial charge in [0.1, 0.15) is 12.4 Å². The first-order chi connectivity index (χ1) is 7.86. The lowest BCUT2D eigenvalue weighted by Gasteiger charge is -2.16. The van der Waals surface area contributed by atoms with Crippen LogP contribution >= 0.6 is 0 Å². The molecule has 0 spiro atoms. The van der Waals surface area contributed by atoms with Crippen LogP contribution in [0.15, 0.2) is 30.3 Å². The Labute approximate surface area is 96.7 Å². The Bertz CT molecular complexity index is 267. The summed E-state index contributed by atoms with van der Waals surface area (Å²) in [7, 11) is 1.70. The number of ether oxygens (including phenoxy) is 2. The normalized spacial score (nSPS) is 12.4. The fourth-order valence-electron chi connectivity index (χ4n) is 1.40. The smallest absolute Gasteiger partial charge is 0.119 e. The molecule has 90 valence electrons. The van der Waals surface area contributed by atoms with Gasteiger partial charge in [-0.25, -0.2) is 0 Å². The predicted molar refractivity (Wildman–Crippen MR) is 64.2 cm³/mol. The summed E-state index contributed by atoms with van der Waals surface area (Å²) in [5, 5.41) is 0. The first-order valence-electron chi connectivity index (χ1n) is 5.49. The Morgan fingerprint density at radius 2 is 2.06 bits per heavy atom. The van der Waals surface area contributed by atoms with E-state index < -0.39 is 0 Å². The van der Waals surface area contributed by atoms with Crippen molar-refractivity contribution in [2.45, 2.75) is 18.9 Å². The molecule has 0 aliphatic carbocycles.